The molecule has 6 nitrogen and oxygen atoms in total. The molecule has 2 heterocycles. The van der Waals surface area contributed by atoms with Crippen LogP contribution < -0.4 is 4.72 Å². The van der Waals surface area contributed by atoms with Crippen LogP contribution in [0.5, 0.6) is 0 Å². The molecule has 144 valence electrons. The van der Waals surface area contributed by atoms with Gasteiger partial charge in [-0.15, -0.1) is 0 Å². The summed E-state index contributed by atoms with van der Waals surface area (Å²) in [6, 6.07) is 4.15. The fourth-order valence-electron chi connectivity index (χ4n) is 3.48. The Balaban J connectivity index is 1.44. The summed E-state index contributed by atoms with van der Waals surface area (Å²) >= 11 is 0. The number of rotatable bonds is 5. The van der Waals surface area contributed by atoms with E-state index in [4.69, 9.17) is 0 Å². The van der Waals surface area contributed by atoms with E-state index in [1.807, 2.05) is 0 Å². The molecule has 9 heteroatoms. The number of likely N-dealkylation sites (tertiary alicyclic amines) is 1. The van der Waals surface area contributed by atoms with Gasteiger partial charge >= 0.3 is 0 Å². The predicted octanol–water partition coefficient (Wildman–Crippen LogP) is 2.36. The van der Waals surface area contributed by atoms with Crippen molar-refractivity contribution in [2.45, 2.75) is 36.1 Å². The van der Waals surface area contributed by atoms with Crippen molar-refractivity contribution in [1.29, 1.82) is 0 Å². The molecule has 1 aliphatic carbocycles. The molecule has 1 aliphatic heterocycles. The molecule has 0 unspecified atom stereocenters. The van der Waals surface area contributed by atoms with Crippen molar-refractivity contribution < 1.29 is 22.0 Å². The highest BCUT2D eigenvalue weighted by atomic mass is 32.2. The van der Waals surface area contributed by atoms with Gasteiger partial charge in [0.05, 0.1) is 0 Å². The maximum Gasteiger partial charge on any atom is 0.270 e. The smallest absolute Gasteiger partial charge is 0.270 e. The molecule has 2 fully saturated rings. The third kappa shape index (κ3) is 3.61. The number of H-pyrrole nitrogens is 1. The van der Waals surface area contributed by atoms with Gasteiger partial charge in [-0.3, -0.25) is 4.79 Å². The summed E-state index contributed by atoms with van der Waals surface area (Å²) in [5.74, 6) is -1.89. The van der Waals surface area contributed by atoms with Crippen LogP contribution in [0.15, 0.2) is 35.4 Å². The molecular weight excluding hydrogens is 376 g/mol. The Morgan fingerprint density at radius 3 is 2.63 bits per heavy atom. The molecular formula is C18H19F2N3O3S. The van der Waals surface area contributed by atoms with Gasteiger partial charge in [0.1, 0.15) is 22.2 Å². The van der Waals surface area contributed by atoms with Crippen LogP contribution in [0, 0.1) is 11.6 Å². The van der Waals surface area contributed by atoms with Crippen LogP contribution in [-0.4, -0.2) is 43.3 Å². The summed E-state index contributed by atoms with van der Waals surface area (Å²) in [6.45, 7) is 1.34. The van der Waals surface area contributed by atoms with Crippen molar-refractivity contribution in [3.63, 3.8) is 0 Å². The Bertz CT molecular complexity index is 983. The Morgan fingerprint density at radius 1 is 1.19 bits per heavy atom. The van der Waals surface area contributed by atoms with Crippen molar-refractivity contribution in [2.24, 2.45) is 0 Å². The van der Waals surface area contributed by atoms with E-state index < -0.39 is 27.7 Å². The van der Waals surface area contributed by atoms with Gasteiger partial charge < -0.3 is 9.88 Å². The molecule has 1 aromatic carbocycles. The van der Waals surface area contributed by atoms with Gasteiger partial charge in [0, 0.05) is 37.3 Å². The lowest BCUT2D eigenvalue weighted by Gasteiger charge is -2.13. The minimum absolute atomic E-state index is 0.0322. The lowest BCUT2D eigenvalue weighted by atomic mass is 10.1. The summed E-state index contributed by atoms with van der Waals surface area (Å²) in [7, 11) is -3.84. The number of sulfonamides is 1. The molecule has 2 N–H and O–H groups in total. The zero-order valence-electron chi connectivity index (χ0n) is 14.4. The van der Waals surface area contributed by atoms with E-state index in [1.54, 1.807) is 4.90 Å². The van der Waals surface area contributed by atoms with Gasteiger partial charge in [0.2, 0.25) is 10.0 Å². The van der Waals surface area contributed by atoms with Crippen LogP contribution in [0.3, 0.4) is 0 Å². The fraction of sp³-hybridized carbons (Fsp3) is 0.389. The van der Waals surface area contributed by atoms with E-state index in [2.05, 4.69) is 9.71 Å². The first kappa shape index (κ1) is 18.1. The van der Waals surface area contributed by atoms with Crippen LogP contribution in [-0.2, 0) is 10.0 Å². The van der Waals surface area contributed by atoms with Crippen molar-refractivity contribution in [1.82, 2.24) is 14.6 Å². The summed E-state index contributed by atoms with van der Waals surface area (Å²) in [5.41, 5.74) is 0.525. The lowest BCUT2D eigenvalue weighted by Crippen LogP contribution is -2.28. The number of nitrogens with zero attached hydrogens (tertiary/aromatic N) is 1. The van der Waals surface area contributed by atoms with E-state index in [-0.39, 0.29) is 22.4 Å². The topological polar surface area (TPSA) is 82.3 Å². The van der Waals surface area contributed by atoms with Gasteiger partial charge in [0.15, 0.2) is 0 Å². The summed E-state index contributed by atoms with van der Waals surface area (Å²) < 4.78 is 54.5. The number of amides is 1. The quantitative estimate of drug-likeness (QED) is 0.815. The number of carbonyl (C=O) groups is 1. The highest BCUT2D eigenvalue weighted by Gasteiger charge is 2.43. The van der Waals surface area contributed by atoms with Crippen molar-refractivity contribution in [3.05, 3.63) is 53.4 Å². The van der Waals surface area contributed by atoms with Crippen molar-refractivity contribution in [2.75, 3.05) is 13.1 Å². The number of aromatic nitrogens is 1. The van der Waals surface area contributed by atoms with Crippen LogP contribution in [0.1, 0.15) is 41.2 Å². The van der Waals surface area contributed by atoms with E-state index in [9.17, 15) is 22.0 Å². The molecule has 2 aromatic rings. The van der Waals surface area contributed by atoms with Crippen LogP contribution >= 0.6 is 0 Å². The molecule has 2 atom stereocenters. The van der Waals surface area contributed by atoms with Crippen LogP contribution in [0.25, 0.3) is 0 Å². The molecule has 1 amide bonds. The summed E-state index contributed by atoms with van der Waals surface area (Å²) in [5, 5.41) is 0. The second kappa shape index (κ2) is 6.72. The molecule has 1 aromatic heterocycles. The Hall–Kier alpha value is -2.26. The van der Waals surface area contributed by atoms with Crippen molar-refractivity contribution >= 4 is 15.9 Å². The molecule has 0 spiro atoms. The van der Waals surface area contributed by atoms with E-state index in [0.717, 1.165) is 25.0 Å². The first-order chi connectivity index (χ1) is 12.8. The van der Waals surface area contributed by atoms with Gasteiger partial charge in [-0.25, -0.2) is 21.9 Å². The zero-order valence-corrected chi connectivity index (χ0v) is 15.2. The molecule has 2 aliphatic rings. The number of benzene rings is 1. The molecule has 27 heavy (non-hydrogen) atoms. The highest BCUT2D eigenvalue weighted by Crippen LogP contribution is 2.42. The fourth-order valence-corrected chi connectivity index (χ4v) is 4.76. The van der Waals surface area contributed by atoms with Gasteiger partial charge in [0.25, 0.3) is 5.91 Å². The molecule has 0 radical (unpaired) electrons. The van der Waals surface area contributed by atoms with Gasteiger partial charge in [-0.2, -0.15) is 0 Å². The normalized spacial score (nSPS) is 22.2. The number of nitrogens with one attached hydrogen (secondary N) is 2. The Kier molecular flexibility index (Phi) is 4.51. The predicted molar refractivity (Wildman–Crippen MR) is 93.8 cm³/mol. The molecule has 1 saturated carbocycles. The maximum atomic E-state index is 13.8. The second-order valence-electron chi connectivity index (χ2n) is 6.98. The first-order valence-corrected chi connectivity index (χ1v) is 10.3. The number of carbonyl (C=O) groups excluding carboxylic acids is 1. The molecule has 0 bridgehead atoms. The standard InChI is InChI=1S/C18H19F2N3O3S/c19-11-3-4-13(15(20)7-11)14-9-16(14)22-27(25,26)12-8-17(21-10-12)18(24)23-5-1-2-6-23/h3-4,7-8,10,14,16,21-22H,1-2,5-6,9H2/t14-,16+/m0/s1. The molecule has 1 saturated heterocycles. The second-order valence-corrected chi connectivity index (χ2v) is 8.70. The third-order valence-corrected chi connectivity index (χ3v) is 6.52. The van der Waals surface area contributed by atoms with E-state index in [0.29, 0.717) is 25.1 Å². The number of hydrogen-bond donors (Lipinski definition) is 2. The highest BCUT2D eigenvalue weighted by molar-refractivity contribution is 7.89. The SMILES string of the molecule is O=C(c1cc(S(=O)(=O)N[C@@H]2C[C@H]2c2ccc(F)cc2F)c[nH]1)N1CCCC1. The number of hydrogen-bond acceptors (Lipinski definition) is 3. The lowest BCUT2D eigenvalue weighted by molar-refractivity contribution is 0.0787. The number of halogens is 2. The van der Waals surface area contributed by atoms with Crippen LogP contribution in [0.4, 0.5) is 8.78 Å². The van der Waals surface area contributed by atoms with E-state index in [1.165, 1.54) is 18.3 Å². The minimum Gasteiger partial charge on any atom is -0.356 e. The average Bonchev–Trinajstić information content (AvgIpc) is 3.08. The Morgan fingerprint density at radius 2 is 1.93 bits per heavy atom. The van der Waals surface area contributed by atoms with Gasteiger partial charge in [-0.1, -0.05) is 6.07 Å². The monoisotopic (exact) mass is 395 g/mol. The van der Waals surface area contributed by atoms with Crippen LogP contribution in [0.2, 0.25) is 0 Å². The first-order valence-electron chi connectivity index (χ1n) is 8.80. The van der Waals surface area contributed by atoms with Gasteiger partial charge in [-0.05, 0) is 37.0 Å². The average molecular weight is 395 g/mol. The summed E-state index contributed by atoms with van der Waals surface area (Å²) in [6.07, 6.45) is 3.61. The Labute approximate surface area is 155 Å². The minimum atomic E-state index is -3.84. The number of aromatic amines is 1. The third-order valence-electron chi connectivity index (χ3n) is 5.05. The molecule has 4 rings (SSSR count). The van der Waals surface area contributed by atoms with Crippen molar-refractivity contribution in [3.8, 4) is 0 Å². The maximum absolute atomic E-state index is 13.8. The largest absolute Gasteiger partial charge is 0.356 e. The zero-order chi connectivity index (χ0) is 19.2. The van der Waals surface area contributed by atoms with E-state index >= 15 is 0 Å². The summed E-state index contributed by atoms with van der Waals surface area (Å²) in [4.78, 5) is 16.7.